The Labute approximate surface area is 385 Å². The largest absolute Gasteiger partial charge is 0.458 e. The van der Waals surface area contributed by atoms with Crippen LogP contribution in [0, 0.1) is 0 Å². The molecule has 7 atom stereocenters. The molecule has 6 aromatic rings. The SMILES string of the molecule is CS[C@@]1(C(=O)OCc2ccccc2)O[C@@H]([C@H](OCc2ccccc2)[C@@H](COCc2ccccc2)OCc2ccccc2)[C@H](NC(C)=O)[C@@H](OCc2ccccc2)[C@@H]1Sc1ccccc1. The third-order valence-corrected chi connectivity index (χ3v) is 13.5. The molecule has 1 aliphatic heterocycles. The Morgan fingerprint density at radius 1 is 0.609 bits per heavy atom. The Morgan fingerprint density at radius 3 is 1.56 bits per heavy atom. The molecule has 7 rings (SSSR count). The summed E-state index contributed by atoms with van der Waals surface area (Å²) >= 11 is 2.70. The Kier molecular flexibility index (Phi) is 17.6. The summed E-state index contributed by atoms with van der Waals surface area (Å²) in [5, 5.41) is 2.49. The normalized spacial score (nSPS) is 20.5. The van der Waals surface area contributed by atoms with Crippen molar-refractivity contribution >= 4 is 35.4 Å². The quantitative estimate of drug-likeness (QED) is 0.0663. The van der Waals surface area contributed by atoms with E-state index < -0.39 is 46.6 Å². The van der Waals surface area contributed by atoms with Gasteiger partial charge < -0.3 is 33.7 Å². The van der Waals surface area contributed by atoms with Crippen LogP contribution in [0.25, 0.3) is 0 Å². The van der Waals surface area contributed by atoms with Crippen molar-refractivity contribution in [3.63, 3.8) is 0 Å². The lowest BCUT2D eigenvalue weighted by molar-refractivity contribution is -0.229. The fourth-order valence-electron chi connectivity index (χ4n) is 7.65. The highest BCUT2D eigenvalue weighted by molar-refractivity contribution is 8.04. The molecule has 0 aliphatic carbocycles. The van der Waals surface area contributed by atoms with E-state index in [1.807, 2.05) is 188 Å². The third kappa shape index (κ3) is 12.9. The number of ether oxygens (including phenoxy) is 6. The van der Waals surface area contributed by atoms with Crippen molar-refractivity contribution in [2.45, 2.75) is 85.5 Å². The van der Waals surface area contributed by atoms with Gasteiger partial charge in [-0.15, -0.1) is 23.5 Å². The van der Waals surface area contributed by atoms with Gasteiger partial charge in [-0.1, -0.05) is 170 Å². The zero-order chi connectivity index (χ0) is 44.4. The Morgan fingerprint density at radius 2 is 1.06 bits per heavy atom. The van der Waals surface area contributed by atoms with E-state index in [4.69, 9.17) is 28.4 Å². The van der Waals surface area contributed by atoms with Crippen molar-refractivity contribution in [1.29, 1.82) is 0 Å². The molecule has 0 bridgehead atoms. The standard InChI is InChI=1S/C53H55NO8S2/c1-39(55)54-47-49(48(59-35-42-25-13-5-14-26-42)46(58-34-41-23-11-4-12-24-41)38-57-33-40-21-9-3-10-22-40)62-53(63-2,52(56)61-37-44-29-17-7-18-30-44)51(64-45-31-19-8-20-32-45)50(47)60-36-43-27-15-6-16-28-43/h3-32,46-51H,33-38H2,1-2H3,(H,54,55)/t46-,47+,48-,49-,50-,51+,53+/m1/s1. The number of benzene rings is 6. The maximum Gasteiger partial charge on any atom is 0.350 e. The van der Waals surface area contributed by atoms with E-state index >= 15 is 4.79 Å². The molecule has 6 aromatic carbocycles. The van der Waals surface area contributed by atoms with Crippen molar-refractivity contribution < 1.29 is 38.0 Å². The monoisotopic (exact) mass is 897 g/mol. The van der Waals surface area contributed by atoms with E-state index in [-0.39, 0.29) is 38.9 Å². The topological polar surface area (TPSA) is 102 Å². The first-order valence-corrected chi connectivity index (χ1v) is 23.5. The number of thioether (sulfide) groups is 2. The van der Waals surface area contributed by atoms with Crippen LogP contribution in [-0.4, -0.2) is 65.4 Å². The summed E-state index contributed by atoms with van der Waals surface area (Å²) < 4.78 is 41.1. The van der Waals surface area contributed by atoms with Gasteiger partial charge in [0.2, 0.25) is 10.8 Å². The third-order valence-electron chi connectivity index (χ3n) is 10.8. The summed E-state index contributed by atoms with van der Waals surface area (Å²) in [4.78, 5) is 28.0. The summed E-state index contributed by atoms with van der Waals surface area (Å²) in [5.41, 5.74) is 4.61. The molecule has 1 saturated heterocycles. The fourth-order valence-corrected chi connectivity index (χ4v) is 10.2. The number of rotatable bonds is 22. The first-order chi connectivity index (χ1) is 31.4. The highest BCUT2D eigenvalue weighted by atomic mass is 32.2. The smallest absolute Gasteiger partial charge is 0.350 e. The van der Waals surface area contributed by atoms with Crippen LogP contribution in [0.2, 0.25) is 0 Å². The summed E-state index contributed by atoms with van der Waals surface area (Å²) in [5.74, 6) is -0.886. The van der Waals surface area contributed by atoms with Gasteiger partial charge in [-0.2, -0.15) is 0 Å². The zero-order valence-corrected chi connectivity index (χ0v) is 37.7. The minimum Gasteiger partial charge on any atom is -0.458 e. The van der Waals surface area contributed by atoms with Crippen molar-refractivity contribution in [2.24, 2.45) is 0 Å². The molecule has 1 heterocycles. The maximum atomic E-state index is 15.2. The first-order valence-electron chi connectivity index (χ1n) is 21.4. The lowest BCUT2D eigenvalue weighted by Gasteiger charge is -2.53. The molecule has 9 nitrogen and oxygen atoms in total. The molecule has 0 unspecified atom stereocenters. The number of hydrogen-bond acceptors (Lipinski definition) is 10. The molecule has 1 fully saturated rings. The van der Waals surface area contributed by atoms with Gasteiger partial charge >= 0.3 is 5.97 Å². The van der Waals surface area contributed by atoms with Gasteiger partial charge in [0.15, 0.2) is 0 Å². The molecule has 1 amide bonds. The minimum absolute atomic E-state index is 0.0213. The second-order valence-electron chi connectivity index (χ2n) is 15.5. The number of amides is 1. The van der Waals surface area contributed by atoms with E-state index in [1.165, 1.54) is 30.4 Å². The number of esters is 1. The van der Waals surface area contributed by atoms with Crippen LogP contribution in [0.4, 0.5) is 0 Å². The average Bonchev–Trinajstić information content (AvgIpc) is 3.34. The van der Waals surface area contributed by atoms with E-state index in [0.29, 0.717) is 6.61 Å². The zero-order valence-electron chi connectivity index (χ0n) is 36.1. The lowest BCUT2D eigenvalue weighted by atomic mass is 9.88. The van der Waals surface area contributed by atoms with Crippen molar-refractivity contribution in [1.82, 2.24) is 5.32 Å². The van der Waals surface area contributed by atoms with Gasteiger partial charge in [-0.25, -0.2) is 4.79 Å². The van der Waals surface area contributed by atoms with Crippen LogP contribution in [-0.2, 0) is 71.0 Å². The van der Waals surface area contributed by atoms with Crippen molar-refractivity contribution in [2.75, 3.05) is 12.9 Å². The predicted octanol–water partition coefficient (Wildman–Crippen LogP) is 9.83. The van der Waals surface area contributed by atoms with Gasteiger partial charge in [-0.3, -0.25) is 4.79 Å². The second kappa shape index (κ2) is 24.2. The van der Waals surface area contributed by atoms with Gasteiger partial charge in [0.1, 0.15) is 24.9 Å². The molecule has 0 spiro atoms. The molecule has 332 valence electrons. The van der Waals surface area contributed by atoms with Gasteiger partial charge in [0.05, 0.1) is 50.4 Å². The maximum absolute atomic E-state index is 15.2. The van der Waals surface area contributed by atoms with E-state index in [9.17, 15) is 4.79 Å². The highest BCUT2D eigenvalue weighted by Crippen LogP contribution is 2.49. The van der Waals surface area contributed by atoms with Crippen LogP contribution in [0.1, 0.15) is 34.7 Å². The summed E-state index contributed by atoms with van der Waals surface area (Å²) in [7, 11) is 0. The van der Waals surface area contributed by atoms with E-state index in [0.717, 1.165) is 32.7 Å². The van der Waals surface area contributed by atoms with Crippen LogP contribution < -0.4 is 5.32 Å². The molecular weight excluding hydrogens is 843 g/mol. The molecular formula is C53H55NO8S2. The second-order valence-corrected chi connectivity index (χ2v) is 17.7. The van der Waals surface area contributed by atoms with E-state index in [2.05, 4.69) is 5.32 Å². The van der Waals surface area contributed by atoms with Gasteiger partial charge in [-0.05, 0) is 46.2 Å². The molecule has 1 N–H and O–H groups in total. The highest BCUT2D eigenvalue weighted by Gasteiger charge is 2.63. The van der Waals surface area contributed by atoms with Crippen LogP contribution in [0.3, 0.4) is 0 Å². The number of hydrogen-bond donors (Lipinski definition) is 1. The van der Waals surface area contributed by atoms with Crippen LogP contribution in [0.5, 0.6) is 0 Å². The molecule has 0 saturated carbocycles. The molecule has 0 aromatic heterocycles. The molecule has 0 radical (unpaired) electrons. The lowest BCUT2D eigenvalue weighted by Crippen LogP contribution is -2.72. The number of carbonyl (C=O) groups is 2. The van der Waals surface area contributed by atoms with Crippen LogP contribution in [0.15, 0.2) is 187 Å². The van der Waals surface area contributed by atoms with Crippen molar-refractivity contribution in [3.05, 3.63) is 210 Å². The fraction of sp³-hybridized carbons (Fsp3) is 0.283. The van der Waals surface area contributed by atoms with E-state index in [1.54, 1.807) is 0 Å². The Hall–Kier alpha value is -5.24. The van der Waals surface area contributed by atoms with Crippen LogP contribution >= 0.6 is 23.5 Å². The summed E-state index contributed by atoms with van der Waals surface area (Å²) in [6.07, 6.45) is -1.75. The Balaban J connectivity index is 1.36. The van der Waals surface area contributed by atoms with Gasteiger partial charge in [0, 0.05) is 11.8 Å². The minimum atomic E-state index is -1.69. The summed E-state index contributed by atoms with van der Waals surface area (Å²) in [6, 6.07) is 58.0. The Bertz CT molecular complexity index is 2280. The van der Waals surface area contributed by atoms with Crippen molar-refractivity contribution in [3.8, 4) is 0 Å². The number of nitrogens with one attached hydrogen (secondary N) is 1. The average molecular weight is 898 g/mol. The first kappa shape index (κ1) is 46.7. The van der Waals surface area contributed by atoms with Gasteiger partial charge in [0.25, 0.3) is 0 Å². The molecule has 11 heteroatoms. The summed E-state index contributed by atoms with van der Waals surface area (Å²) in [6.45, 7) is 2.50. The molecule has 1 aliphatic rings. The molecule has 64 heavy (non-hydrogen) atoms. The number of carbonyl (C=O) groups excluding carboxylic acids is 2. The predicted molar refractivity (Wildman–Crippen MR) is 252 cm³/mol.